The van der Waals surface area contributed by atoms with E-state index >= 15 is 0 Å². The standard InChI is InChI=1S/C11H14BrFN2O2S.ClH/c12-10-6-8(13)3-4-11(10)18(16,17)15-5-1-2-9(14)7-15;/h3-4,6,9H,1-2,5,7,14H2;1H. The van der Waals surface area contributed by atoms with Crippen molar-refractivity contribution in [2.75, 3.05) is 13.1 Å². The zero-order chi connectivity index (χ0) is 13.3. The first-order chi connectivity index (χ1) is 8.41. The van der Waals surface area contributed by atoms with Crippen LogP contribution in [-0.2, 0) is 10.0 Å². The molecule has 2 rings (SSSR count). The molecular weight excluding hydrogens is 359 g/mol. The van der Waals surface area contributed by atoms with Crippen LogP contribution in [-0.4, -0.2) is 31.9 Å². The van der Waals surface area contributed by atoms with Crippen LogP contribution in [0.5, 0.6) is 0 Å². The molecule has 108 valence electrons. The molecule has 0 aromatic heterocycles. The van der Waals surface area contributed by atoms with Gasteiger partial charge in [-0.3, -0.25) is 0 Å². The predicted molar refractivity (Wildman–Crippen MR) is 77.3 cm³/mol. The van der Waals surface area contributed by atoms with Crippen LogP contribution in [0.25, 0.3) is 0 Å². The van der Waals surface area contributed by atoms with E-state index in [4.69, 9.17) is 5.73 Å². The van der Waals surface area contributed by atoms with Crippen molar-refractivity contribution in [1.29, 1.82) is 0 Å². The molecule has 1 atom stereocenters. The first kappa shape index (κ1) is 16.8. The quantitative estimate of drug-likeness (QED) is 0.864. The molecule has 1 saturated heterocycles. The van der Waals surface area contributed by atoms with Crippen molar-refractivity contribution < 1.29 is 12.8 Å². The number of halogens is 3. The lowest BCUT2D eigenvalue weighted by atomic mass is 10.1. The zero-order valence-corrected chi connectivity index (χ0v) is 13.3. The lowest BCUT2D eigenvalue weighted by Crippen LogP contribution is -2.45. The average molecular weight is 374 g/mol. The predicted octanol–water partition coefficient (Wildman–Crippen LogP) is 2.12. The summed E-state index contributed by atoms with van der Waals surface area (Å²) in [5, 5.41) is 0. The molecule has 0 bridgehead atoms. The van der Waals surface area contributed by atoms with E-state index in [1.54, 1.807) is 0 Å². The Labute approximate surface area is 126 Å². The summed E-state index contributed by atoms with van der Waals surface area (Å²) in [6.45, 7) is 0.770. The van der Waals surface area contributed by atoms with E-state index in [2.05, 4.69) is 15.9 Å². The SMILES string of the molecule is Cl.NC1CCCN(S(=O)(=O)c2ccc(F)cc2Br)C1. The molecule has 2 N–H and O–H groups in total. The molecule has 0 spiro atoms. The Hall–Kier alpha value is -0.210. The second-order valence-corrected chi connectivity index (χ2v) is 7.10. The maximum atomic E-state index is 13.0. The summed E-state index contributed by atoms with van der Waals surface area (Å²) >= 11 is 3.09. The van der Waals surface area contributed by atoms with Crippen LogP contribution in [0.2, 0.25) is 0 Å². The molecule has 0 amide bonds. The fourth-order valence-electron chi connectivity index (χ4n) is 2.02. The minimum atomic E-state index is -3.60. The first-order valence-corrected chi connectivity index (χ1v) is 7.85. The van der Waals surface area contributed by atoms with E-state index in [1.807, 2.05) is 0 Å². The van der Waals surface area contributed by atoms with Crippen LogP contribution >= 0.6 is 28.3 Å². The molecule has 0 aliphatic carbocycles. The summed E-state index contributed by atoms with van der Waals surface area (Å²) in [5.74, 6) is -0.476. The van der Waals surface area contributed by atoms with Crippen LogP contribution in [0, 0.1) is 5.82 Å². The van der Waals surface area contributed by atoms with Crippen molar-refractivity contribution in [2.45, 2.75) is 23.8 Å². The van der Waals surface area contributed by atoms with Crippen LogP contribution in [0.4, 0.5) is 4.39 Å². The number of hydrogen-bond acceptors (Lipinski definition) is 3. The molecule has 0 saturated carbocycles. The molecule has 4 nitrogen and oxygen atoms in total. The normalized spacial score (nSPS) is 20.9. The van der Waals surface area contributed by atoms with Gasteiger partial charge in [-0.05, 0) is 47.0 Å². The van der Waals surface area contributed by atoms with E-state index in [0.717, 1.165) is 25.0 Å². The molecule has 1 heterocycles. The summed E-state index contributed by atoms with van der Waals surface area (Å²) < 4.78 is 39.3. The Morgan fingerprint density at radius 3 is 2.68 bits per heavy atom. The smallest absolute Gasteiger partial charge is 0.244 e. The molecule has 1 unspecified atom stereocenters. The van der Waals surface area contributed by atoms with Crippen LogP contribution in [0.15, 0.2) is 27.6 Å². The molecule has 1 aliphatic rings. The summed E-state index contributed by atoms with van der Waals surface area (Å²) in [4.78, 5) is 0.0815. The minimum absolute atomic E-state index is 0. The Kier molecular flexibility index (Phi) is 5.76. The number of hydrogen-bond donors (Lipinski definition) is 1. The van der Waals surface area contributed by atoms with Gasteiger partial charge in [-0.1, -0.05) is 0 Å². The van der Waals surface area contributed by atoms with Crippen molar-refractivity contribution in [3.8, 4) is 0 Å². The van der Waals surface area contributed by atoms with Gasteiger partial charge in [0.05, 0.1) is 4.90 Å². The van der Waals surface area contributed by atoms with Gasteiger partial charge in [0.15, 0.2) is 0 Å². The van der Waals surface area contributed by atoms with E-state index in [0.29, 0.717) is 13.1 Å². The fourth-order valence-corrected chi connectivity index (χ4v) is 4.56. The highest BCUT2D eigenvalue weighted by molar-refractivity contribution is 9.10. The molecule has 0 radical (unpaired) electrons. The second kappa shape index (κ2) is 6.49. The van der Waals surface area contributed by atoms with Gasteiger partial charge >= 0.3 is 0 Å². The van der Waals surface area contributed by atoms with Crippen molar-refractivity contribution in [3.63, 3.8) is 0 Å². The lowest BCUT2D eigenvalue weighted by Gasteiger charge is -2.30. The number of rotatable bonds is 2. The molecule has 19 heavy (non-hydrogen) atoms. The largest absolute Gasteiger partial charge is 0.327 e. The van der Waals surface area contributed by atoms with Crippen molar-refractivity contribution in [2.24, 2.45) is 5.73 Å². The van der Waals surface area contributed by atoms with Gasteiger partial charge in [0.1, 0.15) is 5.82 Å². The van der Waals surface area contributed by atoms with Gasteiger partial charge in [-0.25, -0.2) is 12.8 Å². The second-order valence-electron chi connectivity index (χ2n) is 4.34. The van der Waals surface area contributed by atoms with Crippen molar-refractivity contribution in [3.05, 3.63) is 28.5 Å². The number of piperidine rings is 1. The van der Waals surface area contributed by atoms with Gasteiger partial charge in [-0.2, -0.15) is 4.31 Å². The Balaban J connectivity index is 0.00000180. The maximum absolute atomic E-state index is 13.0. The Morgan fingerprint density at radius 2 is 2.11 bits per heavy atom. The maximum Gasteiger partial charge on any atom is 0.244 e. The molecule has 8 heteroatoms. The number of benzene rings is 1. The van der Waals surface area contributed by atoms with E-state index in [1.165, 1.54) is 10.4 Å². The molecule has 1 aromatic carbocycles. The summed E-state index contributed by atoms with van der Waals surface area (Å²) in [7, 11) is -3.60. The minimum Gasteiger partial charge on any atom is -0.327 e. The van der Waals surface area contributed by atoms with Crippen LogP contribution in [0.1, 0.15) is 12.8 Å². The zero-order valence-electron chi connectivity index (χ0n) is 10.1. The molecule has 1 aliphatic heterocycles. The molecular formula is C11H15BrClFN2O2S. The molecule has 1 aromatic rings. The summed E-state index contributed by atoms with van der Waals surface area (Å²) in [6.07, 6.45) is 1.58. The van der Waals surface area contributed by atoms with Crippen LogP contribution in [0.3, 0.4) is 0 Å². The third kappa shape index (κ3) is 3.66. The van der Waals surface area contributed by atoms with E-state index in [9.17, 15) is 12.8 Å². The Morgan fingerprint density at radius 1 is 1.42 bits per heavy atom. The van der Waals surface area contributed by atoms with Crippen molar-refractivity contribution >= 4 is 38.4 Å². The number of sulfonamides is 1. The van der Waals surface area contributed by atoms with Gasteiger partial charge in [0, 0.05) is 23.6 Å². The topological polar surface area (TPSA) is 63.4 Å². The molecule has 1 fully saturated rings. The Bertz CT molecular complexity index is 556. The van der Waals surface area contributed by atoms with Crippen LogP contribution < -0.4 is 5.73 Å². The summed E-state index contributed by atoms with van der Waals surface area (Å²) in [6, 6.07) is 3.43. The van der Waals surface area contributed by atoms with Gasteiger partial charge in [0.25, 0.3) is 0 Å². The number of nitrogens with two attached hydrogens (primary N) is 1. The first-order valence-electron chi connectivity index (χ1n) is 5.62. The average Bonchev–Trinajstić information content (AvgIpc) is 2.28. The van der Waals surface area contributed by atoms with Gasteiger partial charge in [0.2, 0.25) is 10.0 Å². The third-order valence-corrected chi connectivity index (χ3v) is 5.77. The van der Waals surface area contributed by atoms with E-state index < -0.39 is 15.8 Å². The monoisotopic (exact) mass is 372 g/mol. The van der Waals surface area contributed by atoms with Gasteiger partial charge < -0.3 is 5.73 Å². The fraction of sp³-hybridized carbons (Fsp3) is 0.455. The summed E-state index contributed by atoms with van der Waals surface area (Å²) in [5.41, 5.74) is 5.78. The van der Waals surface area contributed by atoms with E-state index in [-0.39, 0.29) is 27.8 Å². The van der Waals surface area contributed by atoms with Gasteiger partial charge in [-0.15, -0.1) is 12.4 Å². The van der Waals surface area contributed by atoms with Crippen molar-refractivity contribution in [1.82, 2.24) is 4.31 Å². The lowest BCUT2D eigenvalue weighted by molar-refractivity contribution is 0.316. The highest BCUT2D eigenvalue weighted by atomic mass is 79.9. The number of nitrogens with zero attached hydrogens (tertiary/aromatic N) is 1. The highest BCUT2D eigenvalue weighted by Crippen LogP contribution is 2.27. The third-order valence-electron chi connectivity index (χ3n) is 2.93. The highest BCUT2D eigenvalue weighted by Gasteiger charge is 2.30.